The van der Waals surface area contributed by atoms with Crippen molar-refractivity contribution in [1.82, 2.24) is 10.7 Å². The Morgan fingerprint density at radius 1 is 1.12 bits per heavy atom. The van der Waals surface area contributed by atoms with Crippen LogP contribution in [0.15, 0.2) is 53.6 Å². The Labute approximate surface area is 147 Å². The number of carbonyl (C=O) groups excluding carboxylic acids is 2. The topological polar surface area (TPSA) is 114 Å². The number of nitro groups is 1. The van der Waals surface area contributed by atoms with Gasteiger partial charge in [0.1, 0.15) is 0 Å². The summed E-state index contributed by atoms with van der Waals surface area (Å²) in [6.07, 6.45) is 1.34. The summed E-state index contributed by atoms with van der Waals surface area (Å²) >= 11 is 5.73. The molecule has 0 radical (unpaired) electrons. The molecule has 0 aliphatic rings. The lowest BCUT2D eigenvalue weighted by molar-refractivity contribution is -0.384. The average Bonchev–Trinajstić information content (AvgIpc) is 2.60. The second-order valence-electron chi connectivity index (χ2n) is 4.83. The molecule has 25 heavy (non-hydrogen) atoms. The maximum Gasteiger partial charge on any atom is 0.269 e. The minimum Gasteiger partial charge on any atom is -0.343 e. The normalized spacial score (nSPS) is 10.4. The number of benzene rings is 2. The highest BCUT2D eigenvalue weighted by Crippen LogP contribution is 2.10. The molecule has 0 aliphatic heterocycles. The molecule has 2 aromatic carbocycles. The lowest BCUT2D eigenvalue weighted by Gasteiger charge is -2.04. The van der Waals surface area contributed by atoms with E-state index in [4.69, 9.17) is 11.6 Å². The van der Waals surface area contributed by atoms with Crippen molar-refractivity contribution >= 4 is 35.3 Å². The van der Waals surface area contributed by atoms with E-state index in [1.54, 1.807) is 24.3 Å². The number of carbonyl (C=O) groups is 2. The smallest absolute Gasteiger partial charge is 0.269 e. The summed E-state index contributed by atoms with van der Waals surface area (Å²) in [6.45, 7) is -0.251. The van der Waals surface area contributed by atoms with Gasteiger partial charge in [0.15, 0.2) is 0 Å². The minimum atomic E-state index is -0.513. The van der Waals surface area contributed by atoms with Crippen LogP contribution in [0.4, 0.5) is 5.69 Å². The maximum absolute atomic E-state index is 11.8. The van der Waals surface area contributed by atoms with Crippen molar-refractivity contribution in [3.05, 3.63) is 74.8 Å². The van der Waals surface area contributed by atoms with Crippen LogP contribution >= 0.6 is 11.6 Å². The van der Waals surface area contributed by atoms with Crippen LogP contribution < -0.4 is 10.7 Å². The molecule has 2 aromatic rings. The molecule has 2 N–H and O–H groups in total. The Morgan fingerprint density at radius 3 is 2.36 bits per heavy atom. The molecule has 0 heterocycles. The number of non-ortho nitro benzene ring substituents is 1. The largest absolute Gasteiger partial charge is 0.343 e. The van der Waals surface area contributed by atoms with Crippen LogP contribution in [0.5, 0.6) is 0 Å². The highest BCUT2D eigenvalue weighted by atomic mass is 35.5. The molecule has 0 fully saturated rings. The number of nitro benzene ring substituents is 1. The summed E-state index contributed by atoms with van der Waals surface area (Å²) in [5.74, 6) is -0.924. The first-order chi connectivity index (χ1) is 12.0. The summed E-state index contributed by atoms with van der Waals surface area (Å²) in [6, 6.07) is 11.9. The first kappa shape index (κ1) is 18.1. The van der Waals surface area contributed by atoms with Gasteiger partial charge in [-0.1, -0.05) is 11.6 Å². The molecule has 0 atom stereocenters. The van der Waals surface area contributed by atoms with Gasteiger partial charge >= 0.3 is 0 Å². The molecular weight excluding hydrogens is 348 g/mol. The SMILES string of the molecule is O=C(CNC(=O)c1ccc(Cl)cc1)N/N=C/c1ccc([N+](=O)[O-])cc1. The number of amides is 2. The van der Waals surface area contributed by atoms with Gasteiger partial charge in [-0.2, -0.15) is 5.10 Å². The number of rotatable bonds is 6. The zero-order valence-corrected chi connectivity index (χ0v) is 13.6. The number of hydrogen-bond donors (Lipinski definition) is 2. The molecule has 0 aromatic heterocycles. The van der Waals surface area contributed by atoms with Crippen molar-refractivity contribution in [2.45, 2.75) is 0 Å². The third-order valence-corrected chi connectivity index (χ3v) is 3.27. The van der Waals surface area contributed by atoms with Crippen LogP contribution in [0, 0.1) is 10.1 Å². The minimum absolute atomic E-state index is 0.0360. The van der Waals surface area contributed by atoms with Crippen molar-refractivity contribution in [3.8, 4) is 0 Å². The molecule has 0 aliphatic carbocycles. The van der Waals surface area contributed by atoms with Crippen LogP contribution in [0.3, 0.4) is 0 Å². The van der Waals surface area contributed by atoms with E-state index < -0.39 is 16.7 Å². The van der Waals surface area contributed by atoms with Crippen molar-refractivity contribution in [3.63, 3.8) is 0 Å². The molecule has 0 bridgehead atoms. The third-order valence-electron chi connectivity index (χ3n) is 3.02. The predicted octanol–water partition coefficient (Wildman–Crippen LogP) is 2.13. The average molecular weight is 361 g/mol. The zero-order valence-electron chi connectivity index (χ0n) is 12.8. The number of nitrogens with one attached hydrogen (secondary N) is 2. The van der Waals surface area contributed by atoms with Gasteiger partial charge in [0.25, 0.3) is 17.5 Å². The van der Waals surface area contributed by atoms with Gasteiger partial charge < -0.3 is 5.32 Å². The first-order valence-corrected chi connectivity index (χ1v) is 7.43. The number of nitrogens with zero attached hydrogens (tertiary/aromatic N) is 2. The summed E-state index contributed by atoms with van der Waals surface area (Å²) in [5.41, 5.74) is 3.17. The molecule has 2 rings (SSSR count). The predicted molar refractivity (Wildman–Crippen MR) is 92.6 cm³/mol. The van der Waals surface area contributed by atoms with Crippen LogP contribution in [0.2, 0.25) is 5.02 Å². The van der Waals surface area contributed by atoms with Crippen LogP contribution in [-0.4, -0.2) is 29.5 Å². The standard InChI is InChI=1S/C16H13ClN4O4/c17-13-5-3-12(4-6-13)16(23)18-10-15(22)20-19-9-11-1-7-14(8-2-11)21(24)25/h1-9H,10H2,(H,18,23)(H,20,22)/b19-9+. The summed E-state index contributed by atoms with van der Waals surface area (Å²) in [5, 5.41) is 17.2. The van der Waals surface area contributed by atoms with E-state index in [9.17, 15) is 19.7 Å². The zero-order chi connectivity index (χ0) is 18.2. The van der Waals surface area contributed by atoms with Gasteiger partial charge in [0, 0.05) is 22.7 Å². The molecule has 2 amide bonds. The Hall–Kier alpha value is -3.26. The molecule has 9 heteroatoms. The third kappa shape index (κ3) is 5.70. The fraction of sp³-hybridized carbons (Fsp3) is 0.0625. The highest BCUT2D eigenvalue weighted by Gasteiger charge is 2.07. The van der Waals surface area contributed by atoms with Gasteiger partial charge in [-0.05, 0) is 42.0 Å². The van der Waals surface area contributed by atoms with Gasteiger partial charge in [-0.15, -0.1) is 0 Å². The number of hydrazone groups is 1. The molecular formula is C16H13ClN4O4. The Morgan fingerprint density at radius 2 is 1.76 bits per heavy atom. The molecule has 8 nitrogen and oxygen atoms in total. The lowest BCUT2D eigenvalue weighted by atomic mass is 10.2. The molecule has 0 spiro atoms. The van der Waals surface area contributed by atoms with E-state index in [1.807, 2.05) is 0 Å². The van der Waals surface area contributed by atoms with Crippen molar-refractivity contribution in [1.29, 1.82) is 0 Å². The number of halogens is 1. The van der Waals surface area contributed by atoms with Crippen molar-refractivity contribution < 1.29 is 14.5 Å². The quantitative estimate of drug-likeness (QED) is 0.466. The van der Waals surface area contributed by atoms with Gasteiger partial charge in [0.05, 0.1) is 17.7 Å². The molecule has 0 saturated heterocycles. The second-order valence-corrected chi connectivity index (χ2v) is 5.27. The fourth-order valence-corrected chi connectivity index (χ4v) is 1.89. The van der Waals surface area contributed by atoms with Crippen LogP contribution in [-0.2, 0) is 4.79 Å². The fourth-order valence-electron chi connectivity index (χ4n) is 1.76. The van der Waals surface area contributed by atoms with Crippen molar-refractivity contribution in [2.75, 3.05) is 6.54 Å². The van der Waals surface area contributed by atoms with E-state index in [1.165, 1.54) is 30.5 Å². The van der Waals surface area contributed by atoms with Gasteiger partial charge in [-0.3, -0.25) is 19.7 Å². The molecule has 128 valence electrons. The molecule has 0 unspecified atom stereocenters. The van der Waals surface area contributed by atoms with Gasteiger partial charge in [0.2, 0.25) is 0 Å². The van der Waals surface area contributed by atoms with E-state index in [0.717, 1.165) is 0 Å². The van der Waals surface area contributed by atoms with E-state index in [0.29, 0.717) is 16.1 Å². The summed E-state index contributed by atoms with van der Waals surface area (Å²) in [4.78, 5) is 33.5. The van der Waals surface area contributed by atoms with E-state index in [-0.39, 0.29) is 12.2 Å². The van der Waals surface area contributed by atoms with Crippen LogP contribution in [0.1, 0.15) is 15.9 Å². The molecule has 0 saturated carbocycles. The van der Waals surface area contributed by atoms with Gasteiger partial charge in [-0.25, -0.2) is 5.43 Å². The van der Waals surface area contributed by atoms with E-state index >= 15 is 0 Å². The van der Waals surface area contributed by atoms with E-state index in [2.05, 4.69) is 15.8 Å². The Balaban J connectivity index is 1.79. The van der Waals surface area contributed by atoms with Crippen LogP contribution in [0.25, 0.3) is 0 Å². The maximum atomic E-state index is 11.8. The monoisotopic (exact) mass is 360 g/mol. The summed E-state index contributed by atoms with van der Waals surface area (Å²) < 4.78 is 0. The first-order valence-electron chi connectivity index (χ1n) is 7.06. The second kappa shape index (κ2) is 8.55. The lowest BCUT2D eigenvalue weighted by Crippen LogP contribution is -2.34. The highest BCUT2D eigenvalue weighted by molar-refractivity contribution is 6.30. The van der Waals surface area contributed by atoms with Crippen molar-refractivity contribution in [2.24, 2.45) is 5.10 Å². The Kier molecular flexibility index (Phi) is 6.19. The summed E-state index contributed by atoms with van der Waals surface area (Å²) in [7, 11) is 0. The Bertz CT molecular complexity index is 804. The number of hydrogen-bond acceptors (Lipinski definition) is 5.